The second-order valence-corrected chi connectivity index (χ2v) is 7.00. The predicted octanol–water partition coefficient (Wildman–Crippen LogP) is 4.20. The molecule has 0 aliphatic carbocycles. The molecule has 30 heavy (non-hydrogen) atoms. The summed E-state index contributed by atoms with van der Waals surface area (Å²) in [4.78, 5) is 9.11. The zero-order valence-electron chi connectivity index (χ0n) is 17.7. The lowest BCUT2D eigenvalue weighted by atomic mass is 10.1. The largest absolute Gasteiger partial charge is 0.357 e. The van der Waals surface area contributed by atoms with Crippen LogP contribution in [0.15, 0.2) is 47.6 Å². The summed E-state index contributed by atoms with van der Waals surface area (Å²) in [7, 11) is 0. The van der Waals surface area contributed by atoms with Gasteiger partial charge in [-0.2, -0.15) is 5.10 Å². The number of nitrogens with zero attached hydrogens (tertiary/aromatic N) is 4. The lowest BCUT2D eigenvalue weighted by Gasteiger charge is -2.12. The Kier molecular flexibility index (Phi) is 8.76. The maximum absolute atomic E-state index is 13.7. The van der Waals surface area contributed by atoms with Crippen LogP contribution < -0.4 is 10.6 Å². The number of nitrogens with one attached hydrogen (secondary N) is 2. The minimum absolute atomic E-state index is 0. The van der Waals surface area contributed by atoms with Crippen molar-refractivity contribution in [3.63, 3.8) is 0 Å². The highest BCUT2D eigenvalue weighted by Crippen LogP contribution is 2.11. The van der Waals surface area contributed by atoms with Gasteiger partial charge in [0.1, 0.15) is 5.82 Å². The van der Waals surface area contributed by atoms with Crippen molar-refractivity contribution >= 4 is 29.9 Å². The van der Waals surface area contributed by atoms with E-state index >= 15 is 0 Å². The zero-order valence-corrected chi connectivity index (χ0v) is 20.1. The van der Waals surface area contributed by atoms with Crippen LogP contribution in [0.25, 0.3) is 5.82 Å². The van der Waals surface area contributed by atoms with E-state index in [1.807, 2.05) is 55.9 Å². The molecule has 0 saturated carbocycles. The smallest absolute Gasteiger partial charge is 0.191 e. The molecule has 0 atom stereocenters. The molecular formula is C22H28FIN6. The minimum atomic E-state index is -0.194. The average molecular weight is 522 g/mol. The van der Waals surface area contributed by atoms with Gasteiger partial charge in [0.2, 0.25) is 0 Å². The van der Waals surface area contributed by atoms with E-state index in [0.717, 1.165) is 34.9 Å². The fourth-order valence-electron chi connectivity index (χ4n) is 2.94. The summed E-state index contributed by atoms with van der Waals surface area (Å²) in [6.45, 7) is 9.46. The average Bonchev–Trinajstić information content (AvgIpc) is 3.05. The monoisotopic (exact) mass is 522 g/mol. The first-order valence-corrected chi connectivity index (χ1v) is 9.72. The van der Waals surface area contributed by atoms with Crippen molar-refractivity contribution in [2.75, 3.05) is 6.54 Å². The number of hydrogen-bond acceptors (Lipinski definition) is 3. The van der Waals surface area contributed by atoms with Crippen LogP contribution in [-0.2, 0) is 13.1 Å². The molecule has 1 aromatic carbocycles. The summed E-state index contributed by atoms with van der Waals surface area (Å²) in [6, 6.07) is 11.2. The Morgan fingerprint density at radius 3 is 2.43 bits per heavy atom. The Balaban J connectivity index is 0.00000320. The van der Waals surface area contributed by atoms with E-state index in [2.05, 4.69) is 25.7 Å². The molecule has 2 heterocycles. The number of benzene rings is 1. The van der Waals surface area contributed by atoms with E-state index in [0.29, 0.717) is 24.6 Å². The van der Waals surface area contributed by atoms with Gasteiger partial charge in [-0.05, 0) is 62.6 Å². The molecule has 0 radical (unpaired) electrons. The van der Waals surface area contributed by atoms with Gasteiger partial charge in [0.05, 0.1) is 12.2 Å². The summed E-state index contributed by atoms with van der Waals surface area (Å²) in [5, 5.41) is 10.9. The molecule has 3 rings (SSSR count). The Morgan fingerprint density at radius 1 is 1.07 bits per heavy atom. The molecule has 8 heteroatoms. The Hall–Kier alpha value is -2.49. The van der Waals surface area contributed by atoms with Gasteiger partial charge in [0, 0.05) is 25.0 Å². The third-order valence-electron chi connectivity index (χ3n) is 4.50. The Morgan fingerprint density at radius 2 is 1.83 bits per heavy atom. The van der Waals surface area contributed by atoms with Crippen LogP contribution >= 0.6 is 24.0 Å². The van der Waals surface area contributed by atoms with Crippen LogP contribution in [-0.4, -0.2) is 27.3 Å². The van der Waals surface area contributed by atoms with Gasteiger partial charge < -0.3 is 10.6 Å². The van der Waals surface area contributed by atoms with Crippen LogP contribution in [0.4, 0.5) is 4.39 Å². The quantitative estimate of drug-likeness (QED) is 0.289. The van der Waals surface area contributed by atoms with Gasteiger partial charge in [-0.25, -0.2) is 19.0 Å². The van der Waals surface area contributed by atoms with Crippen LogP contribution in [0.3, 0.4) is 0 Å². The van der Waals surface area contributed by atoms with Gasteiger partial charge in [0.15, 0.2) is 11.8 Å². The van der Waals surface area contributed by atoms with Gasteiger partial charge >= 0.3 is 0 Å². The lowest BCUT2D eigenvalue weighted by molar-refractivity contribution is 0.615. The number of aryl methyl sites for hydroxylation is 3. The first kappa shape index (κ1) is 23.8. The van der Waals surface area contributed by atoms with E-state index in [4.69, 9.17) is 0 Å². The lowest BCUT2D eigenvalue weighted by Crippen LogP contribution is -2.36. The van der Waals surface area contributed by atoms with Crippen molar-refractivity contribution < 1.29 is 4.39 Å². The maximum Gasteiger partial charge on any atom is 0.191 e. The number of hydrogen-bond donors (Lipinski definition) is 2. The molecule has 6 nitrogen and oxygen atoms in total. The van der Waals surface area contributed by atoms with Gasteiger partial charge in [-0.15, -0.1) is 24.0 Å². The van der Waals surface area contributed by atoms with E-state index < -0.39 is 0 Å². The topological polar surface area (TPSA) is 67.1 Å². The summed E-state index contributed by atoms with van der Waals surface area (Å²) < 4.78 is 15.5. The SMILES string of the molecule is CCNC(=NCc1ccc(-n2nc(C)cc2C)nc1)NCc1ccc(C)c(F)c1.I. The Labute approximate surface area is 194 Å². The Bertz CT molecular complexity index is 997. The van der Waals surface area contributed by atoms with Crippen molar-refractivity contribution in [1.82, 2.24) is 25.4 Å². The van der Waals surface area contributed by atoms with E-state index in [9.17, 15) is 4.39 Å². The molecule has 2 aromatic heterocycles. The van der Waals surface area contributed by atoms with Crippen LogP contribution in [0.1, 0.15) is 35.0 Å². The van der Waals surface area contributed by atoms with Crippen molar-refractivity contribution in [1.29, 1.82) is 0 Å². The van der Waals surface area contributed by atoms with Crippen LogP contribution in [0.2, 0.25) is 0 Å². The summed E-state index contributed by atoms with van der Waals surface area (Å²) in [5.41, 5.74) is 4.52. The van der Waals surface area contributed by atoms with Crippen molar-refractivity contribution in [2.45, 2.75) is 40.8 Å². The molecule has 0 spiro atoms. The highest BCUT2D eigenvalue weighted by Gasteiger charge is 2.05. The standard InChI is InChI=1S/C22H27FN6.HI/c1-5-24-22(26-12-18-7-6-15(2)20(23)11-18)27-14-19-8-9-21(25-13-19)29-17(4)10-16(3)28-29;/h6-11,13H,5,12,14H2,1-4H3,(H2,24,26,27);1H. The molecule has 0 bridgehead atoms. The number of aliphatic imine (C=N–C) groups is 1. The van der Waals surface area contributed by atoms with E-state index in [1.54, 1.807) is 19.1 Å². The second kappa shape index (κ2) is 11.1. The number of aromatic nitrogens is 3. The molecule has 160 valence electrons. The number of pyridine rings is 1. The third kappa shape index (κ3) is 6.25. The summed E-state index contributed by atoms with van der Waals surface area (Å²) >= 11 is 0. The van der Waals surface area contributed by atoms with Gasteiger partial charge in [-0.1, -0.05) is 18.2 Å². The predicted molar refractivity (Wildman–Crippen MR) is 129 cm³/mol. The van der Waals surface area contributed by atoms with E-state index in [1.165, 1.54) is 0 Å². The maximum atomic E-state index is 13.7. The highest BCUT2D eigenvalue weighted by atomic mass is 127. The fourth-order valence-corrected chi connectivity index (χ4v) is 2.94. The normalized spacial score (nSPS) is 11.2. The molecule has 0 fully saturated rings. The number of halogens is 2. The fraction of sp³-hybridized carbons (Fsp3) is 0.318. The summed E-state index contributed by atoms with van der Waals surface area (Å²) in [6.07, 6.45) is 1.81. The second-order valence-electron chi connectivity index (χ2n) is 7.00. The highest BCUT2D eigenvalue weighted by molar-refractivity contribution is 14.0. The molecule has 0 saturated heterocycles. The van der Waals surface area contributed by atoms with Crippen molar-refractivity contribution in [3.8, 4) is 5.82 Å². The van der Waals surface area contributed by atoms with E-state index in [-0.39, 0.29) is 29.8 Å². The number of guanidine groups is 1. The molecule has 2 N–H and O–H groups in total. The molecule has 0 amide bonds. The zero-order chi connectivity index (χ0) is 20.8. The molecule has 0 aliphatic rings. The number of rotatable bonds is 6. The molecule has 0 aliphatic heterocycles. The molecule has 3 aromatic rings. The van der Waals surface area contributed by atoms with Crippen molar-refractivity contribution in [2.24, 2.45) is 4.99 Å². The van der Waals surface area contributed by atoms with Gasteiger partial charge in [-0.3, -0.25) is 0 Å². The third-order valence-corrected chi connectivity index (χ3v) is 4.50. The first-order valence-electron chi connectivity index (χ1n) is 9.72. The van der Waals surface area contributed by atoms with Crippen LogP contribution in [0.5, 0.6) is 0 Å². The van der Waals surface area contributed by atoms with Gasteiger partial charge in [0.25, 0.3) is 0 Å². The minimum Gasteiger partial charge on any atom is -0.357 e. The van der Waals surface area contributed by atoms with Crippen LogP contribution in [0, 0.1) is 26.6 Å². The van der Waals surface area contributed by atoms with Crippen molar-refractivity contribution in [3.05, 3.63) is 76.5 Å². The first-order chi connectivity index (χ1) is 14.0. The molecular weight excluding hydrogens is 494 g/mol. The summed E-state index contributed by atoms with van der Waals surface area (Å²) in [5.74, 6) is 1.27. The molecule has 0 unspecified atom stereocenters.